The zero-order valence-corrected chi connectivity index (χ0v) is 19.0. The van der Waals surface area contributed by atoms with E-state index in [1.807, 2.05) is 6.92 Å². The number of esters is 1. The molecule has 0 saturated carbocycles. The van der Waals surface area contributed by atoms with E-state index in [2.05, 4.69) is 39.2 Å². The number of amides is 1. The number of carbonyl (C=O) groups excluding carboxylic acids is 2. The van der Waals surface area contributed by atoms with Crippen molar-refractivity contribution in [2.45, 2.75) is 59.4 Å². The van der Waals surface area contributed by atoms with Crippen LogP contribution in [0.2, 0.25) is 18.1 Å². The molecule has 1 N–H and O–H groups in total. The fourth-order valence-electron chi connectivity index (χ4n) is 3.48. The molecule has 27 heavy (non-hydrogen) atoms. The van der Waals surface area contributed by atoms with Crippen LogP contribution in [0, 0.1) is 17.3 Å². The van der Waals surface area contributed by atoms with Crippen LogP contribution >= 0.6 is 11.6 Å². The first-order valence-corrected chi connectivity index (χ1v) is 12.5. The summed E-state index contributed by atoms with van der Waals surface area (Å²) in [5.74, 6) is -0.922. The first kappa shape index (κ1) is 21.9. The molecule has 5 nitrogen and oxygen atoms in total. The highest BCUT2D eigenvalue weighted by atomic mass is 35.5. The number of halogens is 1. The van der Waals surface area contributed by atoms with Gasteiger partial charge in [0.2, 0.25) is 5.91 Å². The fourth-order valence-corrected chi connectivity index (χ4v) is 5.08. The molecular formula is C20H30ClNO4Si. The highest BCUT2D eigenvalue weighted by molar-refractivity contribution is 6.48. The van der Waals surface area contributed by atoms with Gasteiger partial charge in [-0.1, -0.05) is 32.4 Å². The monoisotopic (exact) mass is 411 g/mol. The molecule has 1 aromatic carbocycles. The van der Waals surface area contributed by atoms with Crippen molar-refractivity contribution in [3.05, 3.63) is 29.3 Å². The molecule has 0 bridgehead atoms. The van der Waals surface area contributed by atoms with Gasteiger partial charge in [0.1, 0.15) is 5.75 Å². The van der Waals surface area contributed by atoms with Crippen molar-refractivity contribution in [2.75, 3.05) is 0 Å². The second-order valence-corrected chi connectivity index (χ2v) is 11.5. The maximum absolute atomic E-state index is 12.6. The molecule has 7 heteroatoms. The molecule has 1 aromatic rings. The van der Waals surface area contributed by atoms with Gasteiger partial charge in [-0.25, -0.2) is 0 Å². The predicted octanol–water partition coefficient (Wildman–Crippen LogP) is 3.80. The van der Waals surface area contributed by atoms with E-state index in [-0.39, 0.29) is 23.3 Å². The van der Waals surface area contributed by atoms with Crippen molar-refractivity contribution in [2.24, 2.45) is 17.3 Å². The minimum Gasteiger partial charge on any atom is -0.426 e. The summed E-state index contributed by atoms with van der Waals surface area (Å²) in [6.45, 7) is 14.2. The Kier molecular flexibility index (Phi) is 6.44. The minimum atomic E-state index is -1.41. The standard InChI is InChI=1S/C20H30ClNO4Si/c1-12(18(24)25-14-10-8-13(21)9-11-14)16-15(17(23)22-16)20(5,19(2,3)4)26-27(6)7/h8-12,15-16,27H,1-7H3,(H,22,23)/t12-,15-,16-,20-/m1/s1. The quantitative estimate of drug-likeness (QED) is 0.334. The van der Waals surface area contributed by atoms with E-state index in [0.717, 1.165) is 0 Å². The number of rotatable bonds is 6. The zero-order valence-electron chi connectivity index (χ0n) is 17.1. The van der Waals surface area contributed by atoms with Crippen LogP contribution in [-0.4, -0.2) is 32.6 Å². The lowest BCUT2D eigenvalue weighted by molar-refractivity contribution is -0.166. The van der Waals surface area contributed by atoms with E-state index in [0.29, 0.717) is 10.8 Å². The molecule has 1 aliphatic heterocycles. The summed E-state index contributed by atoms with van der Waals surface area (Å²) in [7, 11) is -1.41. The molecule has 150 valence electrons. The van der Waals surface area contributed by atoms with Gasteiger partial charge < -0.3 is 14.5 Å². The Bertz CT molecular complexity index is 701. The smallest absolute Gasteiger partial charge is 0.316 e. The summed E-state index contributed by atoms with van der Waals surface area (Å²) in [5.41, 5.74) is -0.917. The predicted molar refractivity (Wildman–Crippen MR) is 109 cm³/mol. The Labute approximate surface area is 168 Å². The summed E-state index contributed by atoms with van der Waals surface area (Å²) >= 11 is 5.86. The lowest BCUT2D eigenvalue weighted by atomic mass is 9.62. The highest BCUT2D eigenvalue weighted by Gasteiger charge is 2.59. The van der Waals surface area contributed by atoms with Gasteiger partial charge in [-0.2, -0.15) is 0 Å². The summed E-state index contributed by atoms with van der Waals surface area (Å²) in [6.07, 6.45) is 0. The van der Waals surface area contributed by atoms with E-state index >= 15 is 0 Å². The van der Waals surface area contributed by atoms with Crippen molar-refractivity contribution in [3.8, 4) is 5.75 Å². The van der Waals surface area contributed by atoms with Gasteiger partial charge in [-0.3, -0.25) is 9.59 Å². The molecule has 1 aliphatic rings. The average molecular weight is 412 g/mol. The Hall–Kier alpha value is -1.37. The number of ether oxygens (including phenoxy) is 1. The number of benzene rings is 1. The Balaban J connectivity index is 2.20. The molecular weight excluding hydrogens is 382 g/mol. The molecule has 1 amide bonds. The highest BCUT2D eigenvalue weighted by Crippen LogP contribution is 2.46. The second-order valence-electron chi connectivity index (χ2n) is 8.70. The normalized spacial score (nSPS) is 23.2. The number of hydrogen-bond acceptors (Lipinski definition) is 4. The maximum Gasteiger partial charge on any atom is 0.316 e. The molecule has 1 fully saturated rings. The van der Waals surface area contributed by atoms with E-state index in [1.165, 1.54) is 0 Å². The lowest BCUT2D eigenvalue weighted by Gasteiger charge is -2.55. The van der Waals surface area contributed by atoms with E-state index in [4.69, 9.17) is 20.8 Å². The summed E-state index contributed by atoms with van der Waals surface area (Å²) in [6, 6.07) is 6.31. The molecule has 1 heterocycles. The third kappa shape index (κ3) is 4.55. The topological polar surface area (TPSA) is 64.6 Å². The number of β-lactam (4-membered cyclic amide) rings is 1. The zero-order chi connectivity index (χ0) is 20.6. The van der Waals surface area contributed by atoms with E-state index < -0.39 is 26.5 Å². The van der Waals surface area contributed by atoms with Crippen molar-refractivity contribution in [1.29, 1.82) is 0 Å². The molecule has 2 rings (SSSR count). The summed E-state index contributed by atoms with van der Waals surface area (Å²) in [5, 5.41) is 3.47. The molecule has 0 radical (unpaired) electrons. The van der Waals surface area contributed by atoms with Crippen molar-refractivity contribution in [1.82, 2.24) is 5.32 Å². The van der Waals surface area contributed by atoms with Crippen LogP contribution < -0.4 is 10.1 Å². The van der Waals surface area contributed by atoms with Crippen LogP contribution in [0.4, 0.5) is 0 Å². The van der Waals surface area contributed by atoms with Gasteiger partial charge in [0.25, 0.3) is 0 Å². The second kappa shape index (κ2) is 7.93. The maximum atomic E-state index is 12.6. The van der Waals surface area contributed by atoms with Crippen LogP contribution in [0.5, 0.6) is 5.75 Å². The summed E-state index contributed by atoms with van der Waals surface area (Å²) in [4.78, 5) is 25.1. The fraction of sp³-hybridized carbons (Fsp3) is 0.600. The lowest BCUT2D eigenvalue weighted by Crippen LogP contribution is -2.72. The van der Waals surface area contributed by atoms with E-state index in [9.17, 15) is 9.59 Å². The molecule has 1 saturated heterocycles. The van der Waals surface area contributed by atoms with Gasteiger partial charge in [0.05, 0.1) is 23.5 Å². The molecule has 4 atom stereocenters. The van der Waals surface area contributed by atoms with Crippen LogP contribution in [0.1, 0.15) is 34.6 Å². The molecule has 0 unspecified atom stereocenters. The minimum absolute atomic E-state index is 0.0711. The first-order valence-electron chi connectivity index (χ1n) is 9.32. The van der Waals surface area contributed by atoms with Crippen LogP contribution in [0.3, 0.4) is 0 Å². The van der Waals surface area contributed by atoms with Crippen molar-refractivity contribution >= 4 is 32.5 Å². The van der Waals surface area contributed by atoms with Crippen molar-refractivity contribution < 1.29 is 18.8 Å². The van der Waals surface area contributed by atoms with Gasteiger partial charge >= 0.3 is 5.97 Å². The number of nitrogens with one attached hydrogen (secondary N) is 1. The van der Waals surface area contributed by atoms with Gasteiger partial charge in [-0.05, 0) is 56.6 Å². The van der Waals surface area contributed by atoms with Gasteiger partial charge in [0, 0.05) is 5.02 Å². The molecule has 0 aliphatic carbocycles. The van der Waals surface area contributed by atoms with Crippen LogP contribution in [0.25, 0.3) is 0 Å². The average Bonchev–Trinajstić information content (AvgIpc) is 2.52. The third-order valence-electron chi connectivity index (χ3n) is 5.46. The SMILES string of the molecule is C[C@@H](C(=O)Oc1ccc(Cl)cc1)[C@H]1NC(=O)[C@@H]1[C@@](C)(O[SiH](C)C)C(C)(C)C. The van der Waals surface area contributed by atoms with Crippen LogP contribution in [-0.2, 0) is 14.0 Å². The number of hydrogen-bond donors (Lipinski definition) is 1. The number of carbonyl (C=O) groups is 2. The van der Waals surface area contributed by atoms with Gasteiger partial charge in [0.15, 0.2) is 9.04 Å². The Morgan fingerprint density at radius 2 is 1.74 bits per heavy atom. The largest absolute Gasteiger partial charge is 0.426 e. The van der Waals surface area contributed by atoms with Crippen LogP contribution in [0.15, 0.2) is 24.3 Å². The first-order chi connectivity index (χ1) is 12.4. The Morgan fingerprint density at radius 1 is 1.19 bits per heavy atom. The Morgan fingerprint density at radius 3 is 2.19 bits per heavy atom. The molecule has 0 aromatic heterocycles. The third-order valence-corrected chi connectivity index (χ3v) is 6.67. The van der Waals surface area contributed by atoms with Gasteiger partial charge in [-0.15, -0.1) is 0 Å². The van der Waals surface area contributed by atoms with Crippen molar-refractivity contribution in [3.63, 3.8) is 0 Å². The molecule has 0 spiro atoms. The summed E-state index contributed by atoms with van der Waals surface area (Å²) < 4.78 is 11.8. The van der Waals surface area contributed by atoms with E-state index in [1.54, 1.807) is 31.2 Å².